The van der Waals surface area contributed by atoms with Crippen LogP contribution in [0, 0.1) is 0 Å². The van der Waals surface area contributed by atoms with E-state index in [1.54, 1.807) is 30.3 Å². The first-order valence-electron chi connectivity index (χ1n) is 7.35. The summed E-state index contributed by atoms with van der Waals surface area (Å²) in [5.41, 5.74) is 0.590. The van der Waals surface area contributed by atoms with Crippen molar-refractivity contribution in [2.45, 2.75) is 0 Å². The van der Waals surface area contributed by atoms with Gasteiger partial charge in [0.2, 0.25) is 0 Å². The van der Waals surface area contributed by atoms with E-state index in [9.17, 15) is 9.59 Å². The van der Waals surface area contributed by atoms with Crippen LogP contribution in [0.4, 0.5) is 5.69 Å². The van der Waals surface area contributed by atoms with Gasteiger partial charge in [-0.25, -0.2) is 4.90 Å². The molecule has 3 rings (SSSR count). The number of carbonyl (C=O) groups is 2. The van der Waals surface area contributed by atoms with Crippen LogP contribution in [0.2, 0.25) is 10.0 Å². The molecule has 0 unspecified atom stereocenters. The molecule has 0 spiro atoms. The SMILES string of the molecule is COc1ccc(N2C(=O)C(Cl)=C(c3ccc(Cl)cc3Cl)C2=O)c(OC)c1. The number of methoxy groups -OCH3 is 2. The molecule has 0 saturated carbocycles. The van der Waals surface area contributed by atoms with E-state index in [0.717, 1.165) is 4.90 Å². The molecule has 134 valence electrons. The van der Waals surface area contributed by atoms with Crippen LogP contribution in [0.5, 0.6) is 11.5 Å². The van der Waals surface area contributed by atoms with Gasteiger partial charge in [0.15, 0.2) is 0 Å². The zero-order valence-corrected chi connectivity index (χ0v) is 15.9. The minimum Gasteiger partial charge on any atom is -0.497 e. The van der Waals surface area contributed by atoms with Gasteiger partial charge in [0.25, 0.3) is 11.8 Å². The predicted octanol–water partition coefficient (Wildman–Crippen LogP) is 4.53. The molecule has 0 bridgehead atoms. The molecule has 2 amide bonds. The molecule has 5 nitrogen and oxygen atoms in total. The normalized spacial score (nSPS) is 14.3. The number of nitrogens with zero attached hydrogens (tertiary/aromatic N) is 1. The Morgan fingerprint density at radius 2 is 1.62 bits per heavy atom. The number of imide groups is 1. The van der Waals surface area contributed by atoms with E-state index in [1.807, 2.05) is 0 Å². The summed E-state index contributed by atoms with van der Waals surface area (Å²) in [7, 11) is 2.93. The van der Waals surface area contributed by atoms with Gasteiger partial charge in [0.05, 0.1) is 30.5 Å². The molecule has 0 saturated heterocycles. The van der Waals surface area contributed by atoms with Crippen LogP contribution in [0.25, 0.3) is 5.57 Å². The number of amides is 2. The third kappa shape index (κ3) is 3.03. The fourth-order valence-corrected chi connectivity index (χ4v) is 3.39. The molecule has 8 heteroatoms. The van der Waals surface area contributed by atoms with Crippen molar-refractivity contribution in [1.29, 1.82) is 0 Å². The van der Waals surface area contributed by atoms with E-state index in [0.29, 0.717) is 22.1 Å². The Balaban J connectivity index is 2.09. The summed E-state index contributed by atoms with van der Waals surface area (Å²) in [5, 5.41) is 0.397. The molecule has 2 aromatic rings. The maximum Gasteiger partial charge on any atom is 0.277 e. The fraction of sp³-hybridized carbons (Fsp3) is 0.111. The molecule has 0 N–H and O–H groups in total. The highest BCUT2D eigenvalue weighted by molar-refractivity contribution is 6.61. The molecule has 0 atom stereocenters. The van der Waals surface area contributed by atoms with Crippen LogP contribution < -0.4 is 14.4 Å². The minimum absolute atomic E-state index is 0.0104. The molecule has 1 heterocycles. The van der Waals surface area contributed by atoms with Crippen molar-refractivity contribution >= 4 is 57.9 Å². The Bertz CT molecular complexity index is 955. The second kappa shape index (κ2) is 7.19. The molecule has 0 radical (unpaired) electrons. The van der Waals surface area contributed by atoms with Crippen LogP contribution in [0.15, 0.2) is 41.4 Å². The number of benzene rings is 2. The van der Waals surface area contributed by atoms with Crippen molar-refractivity contribution in [3.63, 3.8) is 0 Å². The lowest BCUT2D eigenvalue weighted by atomic mass is 10.1. The first-order valence-corrected chi connectivity index (χ1v) is 8.48. The van der Waals surface area contributed by atoms with Gasteiger partial charge in [0, 0.05) is 16.7 Å². The van der Waals surface area contributed by atoms with Gasteiger partial charge < -0.3 is 9.47 Å². The van der Waals surface area contributed by atoms with Gasteiger partial charge in [0.1, 0.15) is 16.5 Å². The second-order valence-corrected chi connectivity index (χ2v) is 6.52. The average Bonchev–Trinajstić information content (AvgIpc) is 2.84. The molecule has 1 aliphatic heterocycles. The zero-order chi connectivity index (χ0) is 19.0. The number of anilines is 1. The molecule has 1 aliphatic rings. The summed E-state index contributed by atoms with van der Waals surface area (Å²) in [6.07, 6.45) is 0. The second-order valence-electron chi connectivity index (χ2n) is 5.30. The first-order chi connectivity index (χ1) is 12.4. The van der Waals surface area contributed by atoms with E-state index in [1.165, 1.54) is 20.3 Å². The molecule has 0 fully saturated rings. The Hall–Kier alpha value is -2.21. The quantitative estimate of drug-likeness (QED) is 0.692. The summed E-state index contributed by atoms with van der Waals surface area (Å²) in [4.78, 5) is 26.6. The highest BCUT2D eigenvalue weighted by Crippen LogP contribution is 2.41. The Kier molecular flexibility index (Phi) is 5.14. The van der Waals surface area contributed by atoms with Gasteiger partial charge in [-0.15, -0.1) is 0 Å². The molecule has 0 aromatic heterocycles. The summed E-state index contributed by atoms with van der Waals surface area (Å²) in [6, 6.07) is 9.31. The monoisotopic (exact) mass is 411 g/mol. The van der Waals surface area contributed by atoms with Crippen LogP contribution in [0.1, 0.15) is 5.56 Å². The lowest BCUT2D eigenvalue weighted by molar-refractivity contribution is -0.119. The number of hydrogen-bond donors (Lipinski definition) is 0. The number of ether oxygens (including phenoxy) is 2. The van der Waals surface area contributed by atoms with E-state index < -0.39 is 11.8 Å². The summed E-state index contributed by atoms with van der Waals surface area (Å²) >= 11 is 18.3. The maximum atomic E-state index is 13.0. The van der Waals surface area contributed by atoms with Gasteiger partial charge >= 0.3 is 0 Å². The van der Waals surface area contributed by atoms with Crippen molar-refractivity contribution in [2.75, 3.05) is 19.1 Å². The van der Waals surface area contributed by atoms with E-state index in [4.69, 9.17) is 44.3 Å². The third-order valence-electron chi connectivity index (χ3n) is 3.86. The Labute approximate surface area is 164 Å². The molecule has 26 heavy (non-hydrogen) atoms. The van der Waals surface area contributed by atoms with Crippen molar-refractivity contribution in [3.8, 4) is 11.5 Å². The lowest BCUT2D eigenvalue weighted by Crippen LogP contribution is -2.31. The molecular formula is C18H12Cl3NO4. The topological polar surface area (TPSA) is 55.8 Å². The van der Waals surface area contributed by atoms with Gasteiger partial charge in [-0.1, -0.05) is 40.9 Å². The molecule has 0 aliphatic carbocycles. The van der Waals surface area contributed by atoms with Crippen LogP contribution in [0.3, 0.4) is 0 Å². The lowest BCUT2D eigenvalue weighted by Gasteiger charge is -2.18. The van der Waals surface area contributed by atoms with E-state index in [2.05, 4.69) is 0 Å². The zero-order valence-electron chi connectivity index (χ0n) is 13.7. The number of halogens is 3. The maximum absolute atomic E-state index is 13.0. The minimum atomic E-state index is -0.666. The van der Waals surface area contributed by atoms with Gasteiger partial charge in [-0.3, -0.25) is 9.59 Å². The largest absolute Gasteiger partial charge is 0.497 e. The molecule has 2 aromatic carbocycles. The Morgan fingerprint density at radius 1 is 0.885 bits per heavy atom. The van der Waals surface area contributed by atoms with Gasteiger partial charge in [-0.05, 0) is 24.3 Å². The molecular weight excluding hydrogens is 401 g/mol. The number of hydrogen-bond acceptors (Lipinski definition) is 4. The summed E-state index contributed by atoms with van der Waals surface area (Å²) in [5.74, 6) is -0.461. The summed E-state index contributed by atoms with van der Waals surface area (Å²) in [6.45, 7) is 0. The van der Waals surface area contributed by atoms with Crippen LogP contribution in [-0.2, 0) is 9.59 Å². The predicted molar refractivity (Wildman–Crippen MR) is 101 cm³/mol. The smallest absolute Gasteiger partial charge is 0.277 e. The highest BCUT2D eigenvalue weighted by Gasteiger charge is 2.41. The third-order valence-corrected chi connectivity index (χ3v) is 4.75. The van der Waals surface area contributed by atoms with E-state index in [-0.39, 0.29) is 21.3 Å². The van der Waals surface area contributed by atoms with E-state index >= 15 is 0 Å². The van der Waals surface area contributed by atoms with Crippen molar-refractivity contribution in [2.24, 2.45) is 0 Å². The Morgan fingerprint density at radius 3 is 2.23 bits per heavy atom. The number of carbonyl (C=O) groups excluding carboxylic acids is 2. The van der Waals surface area contributed by atoms with Crippen LogP contribution >= 0.6 is 34.8 Å². The number of rotatable bonds is 4. The fourth-order valence-electron chi connectivity index (χ4n) is 2.62. The highest BCUT2D eigenvalue weighted by atomic mass is 35.5. The standard InChI is InChI=1S/C18H12Cl3NO4/c1-25-10-4-6-13(14(8-10)26-2)22-17(23)15(16(21)18(22)24)11-5-3-9(19)7-12(11)20/h3-8H,1-2H3. The average molecular weight is 413 g/mol. The first kappa shape index (κ1) is 18.6. The van der Waals surface area contributed by atoms with Crippen molar-refractivity contribution < 1.29 is 19.1 Å². The van der Waals surface area contributed by atoms with Crippen molar-refractivity contribution in [3.05, 3.63) is 57.0 Å². The van der Waals surface area contributed by atoms with Crippen molar-refractivity contribution in [1.82, 2.24) is 0 Å². The summed E-state index contributed by atoms with van der Waals surface area (Å²) < 4.78 is 10.4. The van der Waals surface area contributed by atoms with Crippen LogP contribution in [-0.4, -0.2) is 26.0 Å². The van der Waals surface area contributed by atoms with Gasteiger partial charge in [-0.2, -0.15) is 0 Å².